The summed E-state index contributed by atoms with van der Waals surface area (Å²) in [6.07, 6.45) is 0. The van der Waals surface area contributed by atoms with Crippen molar-refractivity contribution in [3.05, 3.63) is 70.9 Å². The maximum atomic E-state index is 13.2. The summed E-state index contributed by atoms with van der Waals surface area (Å²) in [5.41, 5.74) is 5.54. The van der Waals surface area contributed by atoms with Crippen molar-refractivity contribution in [3.8, 4) is 5.69 Å². The van der Waals surface area contributed by atoms with E-state index in [1.807, 2.05) is 83.1 Å². The van der Waals surface area contributed by atoms with E-state index in [9.17, 15) is 9.59 Å². The van der Waals surface area contributed by atoms with Gasteiger partial charge in [0.2, 0.25) is 5.91 Å². The third-order valence-corrected chi connectivity index (χ3v) is 6.08. The van der Waals surface area contributed by atoms with Crippen LogP contribution < -0.4 is 10.6 Å². The summed E-state index contributed by atoms with van der Waals surface area (Å²) in [5, 5.41) is 10.8. The molecule has 3 rings (SSSR count). The van der Waals surface area contributed by atoms with E-state index in [-0.39, 0.29) is 29.8 Å². The van der Waals surface area contributed by atoms with Gasteiger partial charge in [0.15, 0.2) is 0 Å². The Morgan fingerprint density at radius 3 is 2.28 bits per heavy atom. The molecule has 0 saturated carbocycles. The van der Waals surface area contributed by atoms with Gasteiger partial charge >= 0.3 is 6.03 Å². The van der Waals surface area contributed by atoms with Gasteiger partial charge in [-0.2, -0.15) is 5.10 Å². The van der Waals surface area contributed by atoms with Gasteiger partial charge in [-0.1, -0.05) is 64.4 Å². The minimum atomic E-state index is -0.296. The summed E-state index contributed by atoms with van der Waals surface area (Å²) < 4.78 is 1.75. The number of amides is 3. The highest BCUT2D eigenvalue weighted by Crippen LogP contribution is 2.26. The van der Waals surface area contributed by atoms with Crippen molar-refractivity contribution >= 4 is 23.4 Å². The van der Waals surface area contributed by atoms with Crippen LogP contribution in [0.2, 0.25) is 0 Å². The number of nitrogens with zero attached hydrogens (tertiary/aromatic N) is 3. The number of aromatic nitrogens is 2. The third-order valence-electron chi connectivity index (χ3n) is 6.08. The number of hydrogen-bond donors (Lipinski definition) is 2. The first kappa shape index (κ1) is 27.0. The Kier molecular flexibility index (Phi) is 8.23. The van der Waals surface area contributed by atoms with Crippen molar-refractivity contribution in [2.45, 2.75) is 60.8 Å². The van der Waals surface area contributed by atoms with Gasteiger partial charge in [0.25, 0.3) is 0 Å². The summed E-state index contributed by atoms with van der Waals surface area (Å²) >= 11 is 0. The molecule has 192 valence electrons. The number of hydrogen-bond acceptors (Lipinski definition) is 3. The molecule has 1 aromatic heterocycles. The minimum Gasteiger partial charge on any atom is -0.315 e. The standard InChI is InChI=1S/C29H39N5O2/c1-19(2)17-33(28(36)30-24-11-9-10-21(4)22(24)5)18-27(35)31-26-16-25(29(6,7)8)32-34(26)23-14-12-20(3)13-15-23/h9-16,19H,17-18H2,1-8H3,(H,30,36)(H,31,35). The molecule has 0 atom stereocenters. The van der Waals surface area contributed by atoms with Crippen LogP contribution >= 0.6 is 0 Å². The van der Waals surface area contributed by atoms with Gasteiger partial charge in [-0.25, -0.2) is 9.48 Å². The quantitative estimate of drug-likeness (QED) is 0.413. The fourth-order valence-electron chi connectivity index (χ4n) is 3.82. The average molecular weight is 490 g/mol. The lowest BCUT2D eigenvalue weighted by Gasteiger charge is -2.25. The first-order valence-electron chi connectivity index (χ1n) is 12.4. The summed E-state index contributed by atoms with van der Waals surface area (Å²) in [4.78, 5) is 27.9. The lowest BCUT2D eigenvalue weighted by molar-refractivity contribution is -0.116. The Hall–Kier alpha value is -3.61. The maximum absolute atomic E-state index is 13.2. The molecule has 0 aliphatic carbocycles. The summed E-state index contributed by atoms with van der Waals surface area (Å²) in [6.45, 7) is 16.7. The summed E-state index contributed by atoms with van der Waals surface area (Å²) in [5.74, 6) is 0.501. The van der Waals surface area contributed by atoms with Crippen molar-refractivity contribution in [3.63, 3.8) is 0 Å². The van der Waals surface area contributed by atoms with E-state index in [0.717, 1.165) is 33.8 Å². The number of nitrogens with one attached hydrogen (secondary N) is 2. The zero-order chi connectivity index (χ0) is 26.6. The Bertz CT molecular complexity index is 1220. The van der Waals surface area contributed by atoms with Gasteiger partial charge < -0.3 is 15.5 Å². The fourth-order valence-corrected chi connectivity index (χ4v) is 3.82. The molecule has 36 heavy (non-hydrogen) atoms. The average Bonchev–Trinajstić information content (AvgIpc) is 3.21. The third kappa shape index (κ3) is 6.74. The van der Waals surface area contributed by atoms with Gasteiger partial charge in [-0.3, -0.25) is 4.79 Å². The van der Waals surface area contributed by atoms with Crippen LogP contribution in [0, 0.1) is 26.7 Å². The van der Waals surface area contributed by atoms with Crippen LogP contribution in [0.3, 0.4) is 0 Å². The number of anilines is 2. The highest BCUT2D eigenvalue weighted by molar-refractivity contribution is 5.97. The molecule has 3 amide bonds. The number of rotatable bonds is 7. The number of carbonyl (C=O) groups excluding carboxylic acids is 2. The van der Waals surface area contributed by atoms with Crippen LogP contribution in [-0.4, -0.2) is 39.7 Å². The molecule has 0 unspecified atom stereocenters. The second-order valence-electron chi connectivity index (χ2n) is 10.9. The lowest BCUT2D eigenvalue weighted by Crippen LogP contribution is -2.42. The van der Waals surface area contributed by atoms with E-state index in [0.29, 0.717) is 12.4 Å². The van der Waals surface area contributed by atoms with Crippen molar-refractivity contribution in [2.24, 2.45) is 5.92 Å². The number of benzene rings is 2. The molecule has 0 radical (unpaired) electrons. The second kappa shape index (κ2) is 11.0. The van der Waals surface area contributed by atoms with Crippen molar-refractivity contribution < 1.29 is 9.59 Å². The topological polar surface area (TPSA) is 79.3 Å². The molecule has 0 fully saturated rings. The van der Waals surface area contributed by atoms with E-state index in [1.54, 1.807) is 9.58 Å². The summed E-state index contributed by atoms with van der Waals surface area (Å²) in [7, 11) is 0. The van der Waals surface area contributed by atoms with Gasteiger partial charge in [-0.15, -0.1) is 0 Å². The molecule has 0 aliphatic heterocycles. The van der Waals surface area contributed by atoms with Gasteiger partial charge in [0.05, 0.1) is 11.4 Å². The molecule has 0 saturated heterocycles. The number of carbonyl (C=O) groups is 2. The predicted octanol–water partition coefficient (Wildman–Crippen LogP) is 6.22. The zero-order valence-corrected chi connectivity index (χ0v) is 22.8. The molecule has 7 heteroatoms. The van der Waals surface area contributed by atoms with Crippen LogP contribution in [0.5, 0.6) is 0 Å². The molecule has 0 aliphatic rings. The van der Waals surface area contributed by atoms with Crippen LogP contribution in [-0.2, 0) is 10.2 Å². The normalized spacial score (nSPS) is 11.5. The van der Waals surface area contributed by atoms with E-state index < -0.39 is 0 Å². The Morgan fingerprint density at radius 2 is 1.67 bits per heavy atom. The van der Waals surface area contributed by atoms with Crippen molar-refractivity contribution in [2.75, 3.05) is 23.7 Å². The molecule has 1 heterocycles. The van der Waals surface area contributed by atoms with Gasteiger partial charge in [-0.05, 0) is 56.0 Å². The van der Waals surface area contributed by atoms with E-state index in [4.69, 9.17) is 5.10 Å². The lowest BCUT2D eigenvalue weighted by atomic mass is 9.92. The van der Waals surface area contributed by atoms with Gasteiger partial charge in [0.1, 0.15) is 12.4 Å². The van der Waals surface area contributed by atoms with Crippen LogP contribution in [0.1, 0.15) is 57.0 Å². The molecule has 2 N–H and O–H groups in total. The highest BCUT2D eigenvalue weighted by atomic mass is 16.2. The largest absolute Gasteiger partial charge is 0.322 e. The molecule has 0 spiro atoms. The molecule has 2 aromatic carbocycles. The molecular formula is C29H39N5O2. The summed E-state index contributed by atoms with van der Waals surface area (Å²) in [6, 6.07) is 15.4. The van der Waals surface area contributed by atoms with E-state index in [1.165, 1.54) is 0 Å². The predicted molar refractivity (Wildman–Crippen MR) is 147 cm³/mol. The van der Waals surface area contributed by atoms with Gasteiger partial charge in [0, 0.05) is 23.7 Å². The fraction of sp³-hybridized carbons (Fsp3) is 0.414. The Balaban J connectivity index is 1.83. The molecular weight excluding hydrogens is 450 g/mol. The number of urea groups is 1. The van der Waals surface area contributed by atoms with Crippen molar-refractivity contribution in [1.82, 2.24) is 14.7 Å². The zero-order valence-electron chi connectivity index (χ0n) is 22.8. The molecule has 0 bridgehead atoms. The maximum Gasteiger partial charge on any atom is 0.322 e. The Morgan fingerprint density at radius 1 is 1.00 bits per heavy atom. The molecule has 7 nitrogen and oxygen atoms in total. The molecule has 3 aromatic rings. The monoisotopic (exact) mass is 489 g/mol. The highest BCUT2D eigenvalue weighted by Gasteiger charge is 2.24. The van der Waals surface area contributed by atoms with Crippen LogP contribution in [0.25, 0.3) is 5.69 Å². The van der Waals surface area contributed by atoms with Crippen LogP contribution in [0.15, 0.2) is 48.5 Å². The number of aryl methyl sites for hydroxylation is 2. The van der Waals surface area contributed by atoms with Crippen molar-refractivity contribution in [1.29, 1.82) is 0 Å². The van der Waals surface area contributed by atoms with Crippen LogP contribution in [0.4, 0.5) is 16.3 Å². The first-order chi connectivity index (χ1) is 16.8. The van der Waals surface area contributed by atoms with E-state index in [2.05, 4.69) is 31.4 Å². The minimum absolute atomic E-state index is 0.0706. The second-order valence-corrected chi connectivity index (χ2v) is 10.9. The smallest absolute Gasteiger partial charge is 0.315 e. The van der Waals surface area contributed by atoms with E-state index >= 15 is 0 Å². The Labute approximate surface area is 214 Å². The first-order valence-corrected chi connectivity index (χ1v) is 12.4. The SMILES string of the molecule is Cc1ccc(-n2nc(C(C)(C)C)cc2NC(=O)CN(CC(C)C)C(=O)Nc2cccc(C)c2C)cc1.